The lowest BCUT2D eigenvalue weighted by atomic mass is 10.0. The summed E-state index contributed by atoms with van der Waals surface area (Å²) in [5.41, 5.74) is 2.21. The monoisotopic (exact) mass is 422 g/mol. The van der Waals surface area contributed by atoms with Gasteiger partial charge in [-0.2, -0.15) is 0 Å². The highest BCUT2D eigenvalue weighted by Crippen LogP contribution is 2.31. The molecule has 0 radical (unpaired) electrons. The van der Waals surface area contributed by atoms with Gasteiger partial charge in [0.1, 0.15) is 17.6 Å². The van der Waals surface area contributed by atoms with Crippen LogP contribution in [-0.2, 0) is 4.74 Å². The van der Waals surface area contributed by atoms with Crippen LogP contribution in [0.25, 0.3) is 0 Å². The van der Waals surface area contributed by atoms with Crippen LogP contribution in [0, 0.1) is 0 Å². The van der Waals surface area contributed by atoms with Gasteiger partial charge in [0.15, 0.2) is 0 Å². The van der Waals surface area contributed by atoms with E-state index in [1.165, 1.54) is 23.9 Å². The Morgan fingerprint density at radius 1 is 1.33 bits per heavy atom. The molecule has 0 aliphatic rings. The van der Waals surface area contributed by atoms with Crippen molar-refractivity contribution in [2.24, 2.45) is 0 Å². The number of hydrogen-bond donors (Lipinski definition) is 0. The molecule has 1 unspecified atom stereocenters. The molecule has 0 bridgehead atoms. The molecule has 7 heteroatoms. The molecule has 0 N–H and O–H groups in total. The number of thiophene rings is 1. The van der Waals surface area contributed by atoms with Gasteiger partial charge in [0.2, 0.25) is 5.78 Å². The van der Waals surface area contributed by atoms with E-state index >= 15 is 0 Å². The first-order chi connectivity index (χ1) is 11.6. The van der Waals surface area contributed by atoms with Gasteiger partial charge in [-0.15, -0.1) is 11.3 Å². The number of aromatic nitrogens is 2. The lowest BCUT2D eigenvalue weighted by Gasteiger charge is -2.14. The molecule has 3 rings (SSSR count). The van der Waals surface area contributed by atoms with Gasteiger partial charge in [-0.05, 0) is 34.7 Å². The second kappa shape index (κ2) is 7.53. The van der Waals surface area contributed by atoms with Crippen LogP contribution in [0.4, 0.5) is 0 Å². The lowest BCUT2D eigenvalue weighted by Crippen LogP contribution is -2.04. The van der Waals surface area contributed by atoms with Gasteiger partial charge in [-0.25, -0.2) is 9.97 Å². The minimum absolute atomic E-state index is 0.153. The van der Waals surface area contributed by atoms with Gasteiger partial charge in [-0.1, -0.05) is 39.7 Å². The summed E-state index contributed by atoms with van der Waals surface area (Å²) in [4.78, 5) is 20.9. The molecule has 3 aromatic rings. The Bertz CT molecular complexity index is 884. The molecule has 122 valence electrons. The third kappa shape index (κ3) is 3.57. The number of hydrogen-bond acceptors (Lipinski definition) is 5. The zero-order valence-electron chi connectivity index (χ0n) is 12.6. The number of methoxy groups -OCH3 is 1. The summed E-state index contributed by atoms with van der Waals surface area (Å²) in [5, 5.41) is 2.07. The van der Waals surface area contributed by atoms with E-state index in [4.69, 9.17) is 16.3 Å². The number of rotatable bonds is 5. The average Bonchev–Trinajstić information content (AvgIpc) is 3.05. The number of halogens is 2. The van der Waals surface area contributed by atoms with Crippen LogP contribution >= 0.6 is 38.9 Å². The minimum atomic E-state index is -0.247. The number of ketones is 1. The maximum Gasteiger partial charge on any atom is 0.207 e. The fourth-order valence-electron chi connectivity index (χ4n) is 2.34. The number of carbonyl (C=O) groups excluding carboxylic acids is 1. The maximum absolute atomic E-state index is 12.6. The first-order valence-electron chi connectivity index (χ1n) is 6.97. The predicted molar refractivity (Wildman–Crippen MR) is 97.8 cm³/mol. The van der Waals surface area contributed by atoms with Crippen molar-refractivity contribution in [1.82, 2.24) is 9.97 Å². The molecule has 0 fully saturated rings. The van der Waals surface area contributed by atoms with Gasteiger partial charge in [-0.3, -0.25) is 4.79 Å². The Hall–Kier alpha value is -1.60. The van der Waals surface area contributed by atoms with Crippen LogP contribution < -0.4 is 0 Å². The molecular formula is C17H12BrClN2O2S. The van der Waals surface area contributed by atoms with Gasteiger partial charge >= 0.3 is 0 Å². The maximum atomic E-state index is 12.6. The van der Waals surface area contributed by atoms with Crippen molar-refractivity contribution in [3.05, 3.63) is 79.4 Å². The second-order valence-corrected chi connectivity index (χ2v) is 7.16. The van der Waals surface area contributed by atoms with E-state index in [9.17, 15) is 4.79 Å². The van der Waals surface area contributed by atoms with E-state index < -0.39 is 0 Å². The summed E-state index contributed by atoms with van der Waals surface area (Å²) < 4.78 is 6.60. The highest BCUT2D eigenvalue weighted by Gasteiger charge is 2.20. The predicted octanol–water partition coefficient (Wildman–Crippen LogP) is 4.92. The molecule has 0 amide bonds. The summed E-state index contributed by atoms with van der Waals surface area (Å²) in [6.07, 6.45) is 2.50. The summed E-state index contributed by atoms with van der Waals surface area (Å²) in [7, 11) is 1.65. The standard InChI is InChI=1S/C17H12BrClN2O2S/c1-23-16(10-3-2-4-12(18)5-10)11-6-14(24-8-11)15(22)13-7-20-9-21-17(13)19/h2-9,16H,1H3. The van der Waals surface area contributed by atoms with Crippen LogP contribution in [0.5, 0.6) is 0 Å². The second-order valence-electron chi connectivity index (χ2n) is 4.97. The molecule has 0 spiro atoms. The zero-order chi connectivity index (χ0) is 17.1. The molecule has 0 saturated heterocycles. The summed E-state index contributed by atoms with van der Waals surface area (Å²) in [6, 6.07) is 9.71. The van der Waals surface area contributed by atoms with Gasteiger partial charge < -0.3 is 4.74 Å². The molecule has 0 aliphatic carbocycles. The summed E-state index contributed by atoms with van der Waals surface area (Å²) >= 11 is 10.8. The van der Waals surface area contributed by atoms with Gasteiger partial charge in [0, 0.05) is 17.8 Å². The van der Waals surface area contributed by atoms with Crippen molar-refractivity contribution in [1.29, 1.82) is 0 Å². The van der Waals surface area contributed by atoms with Gasteiger partial charge in [0.05, 0.1) is 10.4 Å². The number of carbonyl (C=O) groups is 1. The number of ether oxygens (including phenoxy) is 1. The fourth-order valence-corrected chi connectivity index (χ4v) is 3.81. The van der Waals surface area contributed by atoms with Crippen molar-refractivity contribution in [2.45, 2.75) is 6.10 Å². The van der Waals surface area contributed by atoms with Crippen LogP contribution in [-0.4, -0.2) is 22.9 Å². The first kappa shape index (κ1) is 17.2. The first-order valence-corrected chi connectivity index (χ1v) is 9.02. The Labute approximate surface area is 156 Å². The highest BCUT2D eigenvalue weighted by atomic mass is 79.9. The number of benzene rings is 1. The molecule has 0 aliphatic heterocycles. The van der Waals surface area contributed by atoms with E-state index in [-0.39, 0.29) is 17.0 Å². The lowest BCUT2D eigenvalue weighted by molar-refractivity contribution is 0.104. The van der Waals surface area contributed by atoms with Crippen molar-refractivity contribution in [3.8, 4) is 0 Å². The van der Waals surface area contributed by atoms with E-state index in [1.807, 2.05) is 35.7 Å². The molecule has 2 aromatic heterocycles. The molecule has 0 saturated carbocycles. The Balaban J connectivity index is 1.92. The minimum Gasteiger partial charge on any atom is -0.372 e. The highest BCUT2D eigenvalue weighted by molar-refractivity contribution is 9.10. The molecule has 1 aromatic carbocycles. The Morgan fingerprint density at radius 2 is 2.17 bits per heavy atom. The molecule has 4 nitrogen and oxygen atoms in total. The third-order valence-electron chi connectivity index (χ3n) is 3.44. The van der Waals surface area contributed by atoms with E-state index in [0.717, 1.165) is 15.6 Å². The average molecular weight is 424 g/mol. The Kier molecular flexibility index (Phi) is 5.40. The van der Waals surface area contributed by atoms with E-state index in [1.54, 1.807) is 7.11 Å². The van der Waals surface area contributed by atoms with E-state index in [2.05, 4.69) is 25.9 Å². The fraction of sp³-hybridized carbons (Fsp3) is 0.118. The van der Waals surface area contributed by atoms with Crippen molar-refractivity contribution in [3.63, 3.8) is 0 Å². The Morgan fingerprint density at radius 3 is 2.88 bits per heavy atom. The molecule has 1 atom stereocenters. The van der Waals surface area contributed by atoms with Crippen LogP contribution in [0.2, 0.25) is 5.15 Å². The van der Waals surface area contributed by atoms with Crippen molar-refractivity contribution in [2.75, 3.05) is 7.11 Å². The quantitative estimate of drug-likeness (QED) is 0.432. The SMILES string of the molecule is COC(c1cccc(Br)c1)c1csc(C(=O)c2cncnc2Cl)c1. The molecular weight excluding hydrogens is 412 g/mol. The third-order valence-corrected chi connectivity index (χ3v) is 5.18. The summed E-state index contributed by atoms with van der Waals surface area (Å²) in [5.74, 6) is -0.194. The summed E-state index contributed by atoms with van der Waals surface area (Å²) in [6.45, 7) is 0. The topological polar surface area (TPSA) is 52.1 Å². The van der Waals surface area contributed by atoms with Crippen molar-refractivity contribution < 1.29 is 9.53 Å². The van der Waals surface area contributed by atoms with Crippen LogP contribution in [0.1, 0.15) is 32.5 Å². The number of nitrogens with zero attached hydrogens (tertiary/aromatic N) is 2. The molecule has 24 heavy (non-hydrogen) atoms. The van der Waals surface area contributed by atoms with Crippen molar-refractivity contribution >= 4 is 44.7 Å². The smallest absolute Gasteiger partial charge is 0.207 e. The van der Waals surface area contributed by atoms with Crippen LogP contribution in [0.3, 0.4) is 0 Å². The van der Waals surface area contributed by atoms with Crippen LogP contribution in [0.15, 0.2) is 52.7 Å². The molecule has 2 heterocycles. The van der Waals surface area contributed by atoms with E-state index in [0.29, 0.717) is 10.4 Å². The normalized spacial score (nSPS) is 12.1. The van der Waals surface area contributed by atoms with Gasteiger partial charge in [0.25, 0.3) is 0 Å². The largest absolute Gasteiger partial charge is 0.372 e. The zero-order valence-corrected chi connectivity index (χ0v) is 15.7.